The first-order valence-corrected chi connectivity index (χ1v) is 8.06. The summed E-state index contributed by atoms with van der Waals surface area (Å²) >= 11 is 0. The molecule has 1 heterocycles. The van der Waals surface area contributed by atoms with Crippen LogP contribution in [0.15, 0.2) is 35.1 Å². The van der Waals surface area contributed by atoms with Gasteiger partial charge in [0, 0.05) is 18.7 Å². The number of anilines is 2. The van der Waals surface area contributed by atoms with E-state index in [2.05, 4.69) is 20.3 Å². The third-order valence-corrected chi connectivity index (χ3v) is 3.48. The van der Waals surface area contributed by atoms with Crippen molar-refractivity contribution in [1.29, 1.82) is 0 Å². The van der Waals surface area contributed by atoms with E-state index in [-0.39, 0.29) is 18.1 Å². The maximum absolute atomic E-state index is 13.7. The number of halogens is 2. The molecular weight excluding hydrogens is 346 g/mol. The number of urea groups is 1. The van der Waals surface area contributed by atoms with E-state index >= 15 is 0 Å². The number of carbonyl (C=O) groups excluding carboxylic acids is 2. The van der Waals surface area contributed by atoms with Crippen LogP contribution in [0.3, 0.4) is 0 Å². The van der Waals surface area contributed by atoms with E-state index in [0.29, 0.717) is 24.9 Å². The first-order valence-electron chi connectivity index (χ1n) is 8.06. The van der Waals surface area contributed by atoms with Crippen LogP contribution >= 0.6 is 0 Å². The number of nitrogens with zero attached hydrogens (tertiary/aromatic N) is 2. The van der Waals surface area contributed by atoms with Gasteiger partial charge in [0.15, 0.2) is 5.82 Å². The molecule has 7 nitrogen and oxygen atoms in total. The Kier molecular flexibility index (Phi) is 6.65. The third-order valence-electron chi connectivity index (χ3n) is 3.48. The van der Waals surface area contributed by atoms with Crippen LogP contribution in [-0.2, 0) is 4.79 Å². The monoisotopic (exact) mass is 366 g/mol. The quantitative estimate of drug-likeness (QED) is 0.785. The summed E-state index contributed by atoms with van der Waals surface area (Å²) in [6.45, 7) is 3.99. The van der Waals surface area contributed by atoms with E-state index in [0.717, 1.165) is 12.1 Å². The molecule has 0 fully saturated rings. The maximum Gasteiger partial charge on any atom is 0.322 e. The highest BCUT2D eigenvalue weighted by Crippen LogP contribution is 2.16. The Bertz CT molecular complexity index is 750. The summed E-state index contributed by atoms with van der Waals surface area (Å²) < 4.78 is 31.3. The summed E-state index contributed by atoms with van der Waals surface area (Å²) in [5, 5.41) is 8.40. The number of rotatable bonds is 7. The number of hydrogen-bond acceptors (Lipinski definition) is 4. The summed E-state index contributed by atoms with van der Waals surface area (Å²) in [6.07, 6.45) is 1.95. The summed E-state index contributed by atoms with van der Waals surface area (Å²) in [7, 11) is 0. The summed E-state index contributed by atoms with van der Waals surface area (Å²) in [6, 6.07) is 3.63. The van der Waals surface area contributed by atoms with Crippen LogP contribution < -0.4 is 10.6 Å². The molecule has 0 aliphatic heterocycles. The fraction of sp³-hybridized carbons (Fsp3) is 0.353. The second kappa shape index (κ2) is 8.93. The number of hydrogen-bond donors (Lipinski definition) is 2. The van der Waals surface area contributed by atoms with E-state index in [9.17, 15) is 18.4 Å². The molecule has 0 spiro atoms. The number of benzene rings is 1. The Labute approximate surface area is 149 Å². The smallest absolute Gasteiger partial charge is 0.322 e. The Morgan fingerprint density at radius 1 is 1.23 bits per heavy atom. The molecule has 0 saturated carbocycles. The Hall–Kier alpha value is -2.97. The minimum Gasteiger partial charge on any atom is -0.363 e. The molecule has 0 unspecified atom stereocenters. The summed E-state index contributed by atoms with van der Waals surface area (Å²) in [5.74, 6) is -1.59. The van der Waals surface area contributed by atoms with Gasteiger partial charge in [0.1, 0.15) is 24.4 Å². The van der Waals surface area contributed by atoms with Crippen molar-refractivity contribution in [2.75, 3.05) is 23.7 Å². The molecule has 2 aromatic rings. The van der Waals surface area contributed by atoms with Gasteiger partial charge in [0.05, 0.1) is 5.69 Å². The minimum absolute atomic E-state index is 0.164. The average Bonchev–Trinajstić information content (AvgIpc) is 3.06. The lowest BCUT2D eigenvalue weighted by molar-refractivity contribution is -0.116. The van der Waals surface area contributed by atoms with E-state index < -0.39 is 23.6 Å². The van der Waals surface area contributed by atoms with Gasteiger partial charge in [-0.2, -0.15) is 0 Å². The predicted molar refractivity (Wildman–Crippen MR) is 91.5 cm³/mol. The van der Waals surface area contributed by atoms with Gasteiger partial charge in [-0.15, -0.1) is 0 Å². The lowest BCUT2D eigenvalue weighted by Crippen LogP contribution is -2.41. The molecule has 1 aromatic heterocycles. The van der Waals surface area contributed by atoms with Gasteiger partial charge >= 0.3 is 6.03 Å². The van der Waals surface area contributed by atoms with E-state index in [1.54, 1.807) is 0 Å². The van der Waals surface area contributed by atoms with Crippen molar-refractivity contribution in [2.24, 2.45) is 5.92 Å². The lowest BCUT2D eigenvalue weighted by Gasteiger charge is -2.23. The van der Waals surface area contributed by atoms with Crippen LogP contribution in [0.25, 0.3) is 0 Å². The van der Waals surface area contributed by atoms with Gasteiger partial charge in [0.25, 0.3) is 0 Å². The number of nitrogens with one attached hydrogen (secondary N) is 2. The average molecular weight is 366 g/mol. The number of carbonyl (C=O) groups is 2. The molecule has 2 rings (SSSR count). The maximum atomic E-state index is 13.7. The zero-order valence-corrected chi connectivity index (χ0v) is 14.5. The molecule has 0 aliphatic carbocycles. The SMILES string of the molecule is CC(C)CCN(CC(=O)Nc1ccon1)C(=O)Nc1ccc(F)cc1F. The second-order valence-electron chi connectivity index (χ2n) is 6.09. The Morgan fingerprint density at radius 3 is 2.62 bits per heavy atom. The van der Waals surface area contributed by atoms with Crippen LogP contribution in [0.4, 0.5) is 25.1 Å². The molecule has 1 aromatic carbocycles. The van der Waals surface area contributed by atoms with Crippen molar-refractivity contribution in [3.63, 3.8) is 0 Å². The molecule has 2 N–H and O–H groups in total. The summed E-state index contributed by atoms with van der Waals surface area (Å²) in [5.41, 5.74) is -0.164. The van der Waals surface area contributed by atoms with Crippen molar-refractivity contribution in [3.05, 3.63) is 42.2 Å². The van der Waals surface area contributed by atoms with Crippen LogP contribution in [0, 0.1) is 17.6 Å². The normalized spacial score (nSPS) is 10.7. The topological polar surface area (TPSA) is 87.5 Å². The fourth-order valence-electron chi connectivity index (χ4n) is 2.08. The van der Waals surface area contributed by atoms with E-state index in [4.69, 9.17) is 0 Å². The zero-order valence-electron chi connectivity index (χ0n) is 14.5. The molecule has 0 bridgehead atoms. The third kappa shape index (κ3) is 5.83. The van der Waals surface area contributed by atoms with Gasteiger partial charge in [-0.3, -0.25) is 4.79 Å². The molecule has 3 amide bonds. The lowest BCUT2D eigenvalue weighted by atomic mass is 10.1. The highest BCUT2D eigenvalue weighted by atomic mass is 19.1. The molecule has 0 saturated heterocycles. The zero-order chi connectivity index (χ0) is 19.1. The molecule has 140 valence electrons. The van der Waals surface area contributed by atoms with Crippen molar-refractivity contribution in [2.45, 2.75) is 20.3 Å². The predicted octanol–water partition coefficient (Wildman–Crippen LogP) is 3.47. The molecule has 26 heavy (non-hydrogen) atoms. The van der Waals surface area contributed by atoms with Crippen molar-refractivity contribution in [1.82, 2.24) is 10.1 Å². The van der Waals surface area contributed by atoms with Crippen molar-refractivity contribution < 1.29 is 22.9 Å². The van der Waals surface area contributed by atoms with Crippen molar-refractivity contribution >= 4 is 23.4 Å². The first-order chi connectivity index (χ1) is 12.3. The molecule has 0 atom stereocenters. The largest absolute Gasteiger partial charge is 0.363 e. The summed E-state index contributed by atoms with van der Waals surface area (Å²) in [4.78, 5) is 25.8. The molecule has 0 radical (unpaired) electrons. The highest BCUT2D eigenvalue weighted by Gasteiger charge is 2.19. The Morgan fingerprint density at radius 2 is 2.00 bits per heavy atom. The van der Waals surface area contributed by atoms with Crippen LogP contribution in [0.5, 0.6) is 0 Å². The van der Waals surface area contributed by atoms with Gasteiger partial charge in [-0.25, -0.2) is 13.6 Å². The highest BCUT2D eigenvalue weighted by molar-refractivity contribution is 5.96. The van der Waals surface area contributed by atoms with E-state index in [1.165, 1.54) is 17.2 Å². The van der Waals surface area contributed by atoms with Crippen LogP contribution in [0.1, 0.15) is 20.3 Å². The number of amides is 3. The van der Waals surface area contributed by atoms with Crippen LogP contribution in [-0.4, -0.2) is 35.1 Å². The minimum atomic E-state index is -0.894. The molecular formula is C17H20F2N4O3. The standard InChI is InChI=1S/C17H20F2N4O3/c1-11(2)5-7-23(10-16(24)21-15-6-8-26-22-15)17(25)20-14-4-3-12(18)9-13(14)19/h3-4,6,8-9,11H,5,7,10H2,1-2H3,(H,20,25)(H,21,22,24). The van der Waals surface area contributed by atoms with Crippen LogP contribution in [0.2, 0.25) is 0 Å². The van der Waals surface area contributed by atoms with Gasteiger partial charge in [-0.1, -0.05) is 19.0 Å². The molecule has 0 aliphatic rings. The fourth-order valence-corrected chi connectivity index (χ4v) is 2.08. The van der Waals surface area contributed by atoms with Gasteiger partial charge in [-0.05, 0) is 24.5 Å². The van der Waals surface area contributed by atoms with Gasteiger partial charge < -0.3 is 20.1 Å². The van der Waals surface area contributed by atoms with E-state index in [1.807, 2.05) is 13.8 Å². The number of aromatic nitrogens is 1. The Balaban J connectivity index is 2.04. The second-order valence-corrected chi connectivity index (χ2v) is 6.09. The van der Waals surface area contributed by atoms with Crippen molar-refractivity contribution in [3.8, 4) is 0 Å². The molecule has 9 heteroatoms. The van der Waals surface area contributed by atoms with Gasteiger partial charge in [0.2, 0.25) is 5.91 Å². The first kappa shape index (κ1) is 19.4.